The van der Waals surface area contributed by atoms with Gasteiger partial charge in [-0.3, -0.25) is 0 Å². The molecule has 16 heavy (non-hydrogen) atoms. The maximum Gasteiger partial charge on any atom is -0.000976 e. The fourth-order valence-electron chi connectivity index (χ4n) is 2.90. The fraction of sp³-hybridized carbons (Fsp3) is 0.600. The molecule has 0 saturated heterocycles. The van der Waals surface area contributed by atoms with Gasteiger partial charge in [0.1, 0.15) is 0 Å². The Morgan fingerprint density at radius 2 is 1.62 bits per heavy atom. The van der Waals surface area contributed by atoms with E-state index >= 15 is 0 Å². The van der Waals surface area contributed by atoms with Gasteiger partial charge < -0.3 is 0 Å². The van der Waals surface area contributed by atoms with Crippen LogP contribution < -0.4 is 0 Å². The van der Waals surface area contributed by atoms with E-state index in [0.29, 0.717) is 0 Å². The van der Waals surface area contributed by atoms with Crippen LogP contribution in [0.2, 0.25) is 0 Å². The molecule has 2 heterocycles. The molecule has 0 aromatic heterocycles. The van der Waals surface area contributed by atoms with Gasteiger partial charge in [-0.2, -0.15) is 0 Å². The first-order chi connectivity index (χ1) is 7.43. The molecule has 0 saturated carbocycles. The molecule has 1 heteroatoms. The van der Waals surface area contributed by atoms with Crippen molar-refractivity contribution in [1.29, 1.82) is 0 Å². The second-order valence-electron chi connectivity index (χ2n) is 5.59. The number of hydrogen-bond donors (Lipinski definition) is 0. The van der Waals surface area contributed by atoms with Crippen molar-refractivity contribution in [2.75, 3.05) is 18.3 Å². The van der Waals surface area contributed by atoms with Gasteiger partial charge in [-0.25, -0.2) is 10.0 Å². The minimum atomic E-state index is -0.552. The van der Waals surface area contributed by atoms with Gasteiger partial charge in [0.15, 0.2) is 0 Å². The van der Waals surface area contributed by atoms with Crippen molar-refractivity contribution in [2.45, 2.75) is 40.0 Å². The lowest BCUT2D eigenvalue weighted by Crippen LogP contribution is -2.12. The molecule has 0 nitrogen and oxygen atoms in total. The second-order valence-corrected chi connectivity index (χ2v) is 9.49. The van der Waals surface area contributed by atoms with Crippen molar-refractivity contribution in [1.82, 2.24) is 0 Å². The Hall–Kier alpha value is -0.430. The summed E-state index contributed by atoms with van der Waals surface area (Å²) in [5.74, 6) is 1.29. The molecule has 0 fully saturated rings. The Morgan fingerprint density at radius 1 is 0.938 bits per heavy atom. The zero-order valence-corrected chi connectivity index (χ0v) is 12.1. The Balaban J connectivity index is 2.68. The van der Waals surface area contributed by atoms with E-state index in [9.17, 15) is 0 Å². The molecule has 0 spiro atoms. The third-order valence-electron chi connectivity index (χ3n) is 4.29. The van der Waals surface area contributed by atoms with Crippen LogP contribution in [0, 0.1) is 0 Å². The maximum absolute atomic E-state index is 2.53. The summed E-state index contributed by atoms with van der Waals surface area (Å²) in [5.41, 5.74) is 6.31. The number of rotatable bonds is 0. The van der Waals surface area contributed by atoms with Crippen molar-refractivity contribution in [3.63, 3.8) is 0 Å². The predicted molar refractivity (Wildman–Crippen MR) is 77.3 cm³/mol. The van der Waals surface area contributed by atoms with Gasteiger partial charge in [0.25, 0.3) is 0 Å². The highest BCUT2D eigenvalue weighted by atomic mass is 32.3. The first kappa shape index (κ1) is 12.0. The molecule has 0 radical (unpaired) electrons. The number of fused-ring (bicyclic) bond motifs is 5. The highest BCUT2D eigenvalue weighted by molar-refractivity contribution is 8.35. The molecule has 0 aromatic carbocycles. The largest absolute Gasteiger partial charge is 0.220 e. The summed E-state index contributed by atoms with van der Waals surface area (Å²) >= 11 is 0. The van der Waals surface area contributed by atoms with Crippen LogP contribution in [-0.4, -0.2) is 18.3 Å². The Kier molecular flexibility index (Phi) is 3.09. The molecule has 2 bridgehead atoms. The van der Waals surface area contributed by atoms with Crippen LogP contribution >= 0.6 is 10.0 Å². The lowest BCUT2D eigenvalue weighted by atomic mass is 9.90. The average Bonchev–Trinajstić information content (AvgIpc) is 2.21. The third-order valence-corrected chi connectivity index (χ3v) is 7.13. The first-order valence-electron chi connectivity index (χ1n) is 6.21. The third kappa shape index (κ3) is 1.90. The molecule has 3 aliphatic rings. The molecule has 0 aromatic rings. The molecule has 3 rings (SSSR count). The van der Waals surface area contributed by atoms with Crippen LogP contribution in [0.5, 0.6) is 0 Å². The van der Waals surface area contributed by atoms with Gasteiger partial charge >= 0.3 is 0 Å². The summed E-state index contributed by atoms with van der Waals surface area (Å²) < 4.78 is 0. The molecule has 0 N–H and O–H groups in total. The highest BCUT2D eigenvalue weighted by Gasteiger charge is 2.25. The Labute approximate surface area is 102 Å². The molecule has 2 aliphatic heterocycles. The van der Waals surface area contributed by atoms with E-state index in [0.717, 1.165) is 0 Å². The smallest absolute Gasteiger partial charge is 0.000976 e. The zero-order valence-electron chi connectivity index (χ0n) is 11.3. The monoisotopic (exact) mass is 236 g/mol. The van der Waals surface area contributed by atoms with Crippen molar-refractivity contribution in [3.05, 3.63) is 33.3 Å². The van der Waals surface area contributed by atoms with Gasteiger partial charge in [0, 0.05) is 0 Å². The quantitative estimate of drug-likeness (QED) is 0.567. The predicted octanol–water partition coefficient (Wildman–Crippen LogP) is 4.78. The topological polar surface area (TPSA) is 0 Å². The second kappa shape index (κ2) is 4.10. The summed E-state index contributed by atoms with van der Waals surface area (Å²) in [6.07, 6.45) is 11.5. The van der Waals surface area contributed by atoms with Gasteiger partial charge in [-0.05, 0) is 85.5 Å². The minimum Gasteiger partial charge on any atom is -0.220 e. The lowest BCUT2D eigenvalue weighted by Gasteiger charge is -2.39. The van der Waals surface area contributed by atoms with Gasteiger partial charge in [-0.1, -0.05) is 6.08 Å². The SMILES string of the molecule is C/C1=C(C)/C(C)=C2\CCC\C1=C/CS2(C)C. The van der Waals surface area contributed by atoms with Crippen molar-refractivity contribution in [2.24, 2.45) is 0 Å². The molecular formula is C15H24S. The molecule has 0 amide bonds. The number of hydrogen-bond acceptors (Lipinski definition) is 0. The summed E-state index contributed by atoms with van der Waals surface area (Å²) in [6, 6.07) is 0. The van der Waals surface area contributed by atoms with E-state index in [1.807, 2.05) is 0 Å². The van der Waals surface area contributed by atoms with E-state index in [1.54, 1.807) is 27.2 Å². The highest BCUT2D eigenvalue weighted by Crippen LogP contribution is 2.55. The lowest BCUT2D eigenvalue weighted by molar-refractivity contribution is 0.808. The summed E-state index contributed by atoms with van der Waals surface area (Å²) in [4.78, 5) is 1.78. The molecule has 90 valence electrons. The van der Waals surface area contributed by atoms with Crippen molar-refractivity contribution in [3.8, 4) is 0 Å². The number of allylic oxidation sites excluding steroid dienone is 5. The molecule has 1 aliphatic carbocycles. The standard InChI is InChI=1S/C15H24S/c1-11-12(2)14-7-6-8-15(13(11)3)16(4,5)10-9-14/h9H,6-8,10H2,1-5H3/b12-11-,14-9+,15-13+. The van der Waals surface area contributed by atoms with E-state index in [4.69, 9.17) is 0 Å². The van der Waals surface area contributed by atoms with Gasteiger partial charge in [-0.15, -0.1) is 0 Å². The fourth-order valence-corrected chi connectivity index (χ4v) is 5.40. The summed E-state index contributed by atoms with van der Waals surface area (Å²) in [6.45, 7) is 6.96. The van der Waals surface area contributed by atoms with E-state index in [1.165, 1.54) is 25.0 Å². The van der Waals surface area contributed by atoms with Crippen LogP contribution in [0.15, 0.2) is 33.3 Å². The van der Waals surface area contributed by atoms with E-state index in [-0.39, 0.29) is 0 Å². The van der Waals surface area contributed by atoms with Crippen molar-refractivity contribution >= 4 is 10.0 Å². The van der Waals surface area contributed by atoms with Crippen molar-refractivity contribution < 1.29 is 0 Å². The first-order valence-corrected chi connectivity index (χ1v) is 8.83. The minimum absolute atomic E-state index is 0.552. The zero-order chi connectivity index (χ0) is 11.9. The molecular weight excluding hydrogens is 212 g/mol. The summed E-state index contributed by atoms with van der Waals surface area (Å²) in [5, 5.41) is 0. The van der Waals surface area contributed by atoms with Gasteiger partial charge in [0.05, 0.1) is 0 Å². The Bertz CT molecular complexity index is 405. The molecule has 0 unspecified atom stereocenters. The normalized spacial score (nSPS) is 39.4. The summed E-state index contributed by atoms with van der Waals surface area (Å²) in [7, 11) is -0.552. The average molecular weight is 236 g/mol. The molecule has 0 atom stereocenters. The van der Waals surface area contributed by atoms with Crippen LogP contribution in [0.3, 0.4) is 0 Å². The van der Waals surface area contributed by atoms with E-state index in [2.05, 4.69) is 39.4 Å². The van der Waals surface area contributed by atoms with Crippen LogP contribution in [0.25, 0.3) is 0 Å². The van der Waals surface area contributed by atoms with Crippen LogP contribution in [0.4, 0.5) is 0 Å². The maximum atomic E-state index is 2.53. The Morgan fingerprint density at radius 3 is 2.31 bits per heavy atom. The van der Waals surface area contributed by atoms with Gasteiger partial charge in [0.2, 0.25) is 0 Å². The van der Waals surface area contributed by atoms with Crippen LogP contribution in [0.1, 0.15) is 40.0 Å². The van der Waals surface area contributed by atoms with E-state index < -0.39 is 10.0 Å². The van der Waals surface area contributed by atoms with Crippen LogP contribution in [-0.2, 0) is 0 Å².